The third kappa shape index (κ3) is 2.22. The van der Waals surface area contributed by atoms with Crippen molar-refractivity contribution in [2.45, 2.75) is 44.9 Å². The fraction of sp³-hybridized carbons (Fsp3) is 0.562. The maximum Gasteiger partial charge on any atom is 0.140 e. The molecule has 0 N–H and O–H groups in total. The monoisotopic (exact) mass is 262 g/mol. The van der Waals surface area contributed by atoms with Gasteiger partial charge in [0.05, 0.1) is 19.6 Å². The molecule has 1 aliphatic rings. The van der Waals surface area contributed by atoms with Crippen molar-refractivity contribution in [2.24, 2.45) is 0 Å². The van der Waals surface area contributed by atoms with E-state index >= 15 is 0 Å². The van der Waals surface area contributed by atoms with Crippen LogP contribution in [0.5, 0.6) is 11.5 Å². The summed E-state index contributed by atoms with van der Waals surface area (Å²) >= 11 is 0. The van der Waals surface area contributed by atoms with E-state index in [-0.39, 0.29) is 11.2 Å². The van der Waals surface area contributed by atoms with E-state index in [0.29, 0.717) is 0 Å². The van der Waals surface area contributed by atoms with Crippen molar-refractivity contribution in [1.82, 2.24) is 0 Å². The van der Waals surface area contributed by atoms with Crippen molar-refractivity contribution in [1.29, 1.82) is 0 Å². The second kappa shape index (κ2) is 5.24. The van der Waals surface area contributed by atoms with Gasteiger partial charge in [0.1, 0.15) is 17.3 Å². The molecule has 1 aromatic carbocycles. The summed E-state index contributed by atoms with van der Waals surface area (Å²) in [6, 6.07) is 3.96. The molecule has 0 heterocycles. The van der Waals surface area contributed by atoms with Gasteiger partial charge in [0.15, 0.2) is 0 Å². The molecule has 3 heteroatoms. The molecule has 0 amide bonds. The van der Waals surface area contributed by atoms with E-state index in [1.165, 1.54) is 0 Å². The molecule has 1 aliphatic carbocycles. The van der Waals surface area contributed by atoms with E-state index in [1.54, 1.807) is 21.1 Å². The molecule has 2 rings (SSSR count). The maximum absolute atomic E-state index is 12.2. The lowest BCUT2D eigenvalue weighted by Crippen LogP contribution is -2.31. The first-order valence-corrected chi connectivity index (χ1v) is 6.79. The summed E-state index contributed by atoms with van der Waals surface area (Å²) < 4.78 is 10.9. The number of methoxy groups -OCH3 is 2. The average Bonchev–Trinajstić information content (AvgIpc) is 2.88. The molecule has 3 nitrogen and oxygen atoms in total. The fourth-order valence-corrected chi connectivity index (χ4v) is 3.21. The summed E-state index contributed by atoms with van der Waals surface area (Å²) in [7, 11) is 3.32. The zero-order chi connectivity index (χ0) is 14.0. The highest BCUT2D eigenvalue weighted by Gasteiger charge is 2.42. The first-order chi connectivity index (χ1) is 9.05. The normalized spacial score (nSPS) is 17.3. The molecular formula is C16H22O3. The van der Waals surface area contributed by atoms with Crippen molar-refractivity contribution < 1.29 is 14.3 Å². The molecule has 1 saturated carbocycles. The van der Waals surface area contributed by atoms with Gasteiger partial charge in [-0.25, -0.2) is 0 Å². The maximum atomic E-state index is 12.2. The van der Waals surface area contributed by atoms with E-state index in [9.17, 15) is 4.79 Å². The van der Waals surface area contributed by atoms with Gasteiger partial charge in [0.2, 0.25) is 0 Å². The van der Waals surface area contributed by atoms with Crippen LogP contribution in [-0.2, 0) is 10.2 Å². The molecule has 0 atom stereocenters. The molecule has 0 aromatic heterocycles. The van der Waals surface area contributed by atoms with Crippen LogP contribution >= 0.6 is 0 Å². The Hall–Kier alpha value is -1.51. The fourth-order valence-electron chi connectivity index (χ4n) is 3.21. The van der Waals surface area contributed by atoms with Crippen molar-refractivity contribution >= 4 is 5.78 Å². The zero-order valence-electron chi connectivity index (χ0n) is 12.2. The summed E-state index contributed by atoms with van der Waals surface area (Å²) in [5.74, 6) is 1.85. The van der Waals surface area contributed by atoms with Gasteiger partial charge < -0.3 is 9.47 Å². The predicted octanol–water partition coefficient (Wildman–Crippen LogP) is 3.41. The van der Waals surface area contributed by atoms with Gasteiger partial charge in [0, 0.05) is 5.56 Å². The summed E-state index contributed by atoms with van der Waals surface area (Å²) in [6.45, 7) is 3.68. The van der Waals surface area contributed by atoms with Crippen LogP contribution in [0.1, 0.15) is 43.7 Å². The number of benzene rings is 1. The molecule has 1 aromatic rings. The number of ketones is 1. The van der Waals surface area contributed by atoms with Gasteiger partial charge in [-0.1, -0.05) is 12.8 Å². The molecule has 0 saturated heterocycles. The van der Waals surface area contributed by atoms with Gasteiger partial charge in [-0.2, -0.15) is 0 Å². The molecular weight excluding hydrogens is 240 g/mol. The number of hydrogen-bond donors (Lipinski definition) is 0. The molecule has 19 heavy (non-hydrogen) atoms. The Bertz CT molecular complexity index is 485. The smallest absolute Gasteiger partial charge is 0.140 e. The van der Waals surface area contributed by atoms with Crippen molar-refractivity contribution in [3.63, 3.8) is 0 Å². The summed E-state index contributed by atoms with van der Waals surface area (Å²) in [5.41, 5.74) is 1.63. The van der Waals surface area contributed by atoms with Crippen LogP contribution in [-0.4, -0.2) is 20.0 Å². The second-order valence-corrected chi connectivity index (χ2v) is 5.37. The molecule has 0 bridgehead atoms. The highest BCUT2D eigenvalue weighted by atomic mass is 16.5. The van der Waals surface area contributed by atoms with Crippen LogP contribution in [0.2, 0.25) is 0 Å². The molecule has 0 spiro atoms. The minimum Gasteiger partial charge on any atom is -0.496 e. The second-order valence-electron chi connectivity index (χ2n) is 5.37. The largest absolute Gasteiger partial charge is 0.496 e. The van der Waals surface area contributed by atoms with Gasteiger partial charge in [-0.15, -0.1) is 0 Å². The standard InChI is InChI=1S/C16H22O3/c1-11-9-15(19-4)13(10-14(11)18-3)16(12(2)17)7-5-6-8-16/h9-10H,5-8H2,1-4H3. The number of hydrogen-bond acceptors (Lipinski definition) is 3. The van der Waals surface area contributed by atoms with Gasteiger partial charge in [-0.05, 0) is 44.4 Å². The zero-order valence-corrected chi connectivity index (χ0v) is 12.2. The Balaban J connectivity index is 2.61. The van der Waals surface area contributed by atoms with Crippen LogP contribution in [0.3, 0.4) is 0 Å². The molecule has 104 valence electrons. The molecule has 0 unspecified atom stereocenters. The van der Waals surface area contributed by atoms with Crippen LogP contribution < -0.4 is 9.47 Å². The Morgan fingerprint density at radius 3 is 2.16 bits per heavy atom. The number of carbonyl (C=O) groups is 1. The van der Waals surface area contributed by atoms with E-state index in [0.717, 1.165) is 48.3 Å². The van der Waals surface area contributed by atoms with Crippen LogP contribution in [0.4, 0.5) is 0 Å². The number of ether oxygens (including phenoxy) is 2. The van der Waals surface area contributed by atoms with E-state index in [4.69, 9.17) is 9.47 Å². The predicted molar refractivity (Wildman–Crippen MR) is 75.1 cm³/mol. The van der Waals surface area contributed by atoms with E-state index in [2.05, 4.69) is 0 Å². The first kappa shape index (κ1) is 13.9. The number of Topliss-reactive ketones (excluding diaryl/α,β-unsaturated/α-hetero) is 1. The third-order valence-electron chi connectivity index (χ3n) is 4.36. The molecule has 0 aliphatic heterocycles. The van der Waals surface area contributed by atoms with E-state index in [1.807, 2.05) is 19.1 Å². The van der Waals surface area contributed by atoms with Crippen LogP contribution in [0.15, 0.2) is 12.1 Å². The van der Waals surface area contributed by atoms with Gasteiger partial charge in [-0.3, -0.25) is 4.79 Å². The first-order valence-electron chi connectivity index (χ1n) is 6.79. The van der Waals surface area contributed by atoms with Gasteiger partial charge >= 0.3 is 0 Å². The van der Waals surface area contributed by atoms with Crippen molar-refractivity contribution in [3.05, 3.63) is 23.3 Å². The Morgan fingerprint density at radius 2 is 1.68 bits per heavy atom. The van der Waals surface area contributed by atoms with Crippen molar-refractivity contribution in [3.8, 4) is 11.5 Å². The SMILES string of the molecule is COc1cc(C2(C(C)=O)CCCC2)c(OC)cc1C. The minimum atomic E-state index is -0.383. The lowest BCUT2D eigenvalue weighted by Gasteiger charge is -2.29. The lowest BCUT2D eigenvalue weighted by molar-refractivity contribution is -0.122. The summed E-state index contributed by atoms with van der Waals surface area (Å²) in [6.07, 6.45) is 4.01. The molecule has 1 fully saturated rings. The number of aryl methyl sites for hydroxylation is 1. The summed E-state index contributed by atoms with van der Waals surface area (Å²) in [5, 5.41) is 0. The average molecular weight is 262 g/mol. The third-order valence-corrected chi connectivity index (χ3v) is 4.36. The molecule has 0 radical (unpaired) electrons. The van der Waals surface area contributed by atoms with Crippen LogP contribution in [0, 0.1) is 6.92 Å². The van der Waals surface area contributed by atoms with E-state index < -0.39 is 0 Å². The highest BCUT2D eigenvalue weighted by Crippen LogP contribution is 2.47. The lowest BCUT2D eigenvalue weighted by atomic mass is 9.75. The Kier molecular flexibility index (Phi) is 3.83. The topological polar surface area (TPSA) is 35.5 Å². The quantitative estimate of drug-likeness (QED) is 0.834. The number of rotatable bonds is 4. The van der Waals surface area contributed by atoms with Crippen LogP contribution in [0.25, 0.3) is 0 Å². The Labute approximate surface area is 114 Å². The summed E-state index contributed by atoms with van der Waals surface area (Å²) in [4.78, 5) is 12.2. The van der Waals surface area contributed by atoms with Crippen molar-refractivity contribution in [2.75, 3.05) is 14.2 Å². The van der Waals surface area contributed by atoms with Gasteiger partial charge in [0.25, 0.3) is 0 Å². The minimum absolute atomic E-state index is 0.231. The Morgan fingerprint density at radius 1 is 1.11 bits per heavy atom. The number of carbonyl (C=O) groups excluding carboxylic acids is 1. The highest BCUT2D eigenvalue weighted by molar-refractivity contribution is 5.89.